The smallest absolute Gasteiger partial charge is 0.251 e. The Labute approximate surface area is 130 Å². The van der Waals surface area contributed by atoms with Crippen molar-refractivity contribution in [1.29, 1.82) is 0 Å². The highest BCUT2D eigenvalue weighted by Crippen LogP contribution is 2.36. The number of hydrogen-bond donors (Lipinski definition) is 2. The van der Waals surface area contributed by atoms with Gasteiger partial charge >= 0.3 is 0 Å². The molecule has 0 aliphatic rings. The van der Waals surface area contributed by atoms with Crippen LogP contribution >= 0.6 is 11.6 Å². The fourth-order valence-corrected chi connectivity index (χ4v) is 1.92. The summed E-state index contributed by atoms with van der Waals surface area (Å²) in [6.45, 7) is 4.82. The monoisotopic (exact) mass is 315 g/mol. The Morgan fingerprint density at radius 3 is 2.71 bits per heavy atom. The number of halogens is 1. The molecule has 0 aromatic heterocycles. The van der Waals surface area contributed by atoms with Gasteiger partial charge in [-0.05, 0) is 24.5 Å². The molecule has 0 saturated heterocycles. The van der Waals surface area contributed by atoms with E-state index in [4.69, 9.17) is 26.2 Å². The molecule has 6 heteroatoms. The minimum absolute atomic E-state index is 0.118. The van der Waals surface area contributed by atoms with Crippen LogP contribution in [0.1, 0.15) is 30.6 Å². The molecule has 0 heterocycles. The summed E-state index contributed by atoms with van der Waals surface area (Å²) in [7, 11) is 1.50. The molecular weight excluding hydrogens is 294 g/mol. The number of carbonyl (C=O) groups is 1. The zero-order valence-electron chi connectivity index (χ0n) is 12.6. The summed E-state index contributed by atoms with van der Waals surface area (Å²) < 4.78 is 10.9. The number of aliphatic hydroxyl groups is 1. The van der Waals surface area contributed by atoms with Gasteiger partial charge in [0.2, 0.25) is 0 Å². The van der Waals surface area contributed by atoms with Crippen molar-refractivity contribution >= 4 is 17.5 Å². The Kier molecular flexibility index (Phi) is 7.32. The predicted octanol–water partition coefficient (Wildman–Crippen LogP) is 2.50. The van der Waals surface area contributed by atoms with Gasteiger partial charge in [0.1, 0.15) is 0 Å². The highest BCUT2D eigenvalue weighted by molar-refractivity contribution is 6.32. The van der Waals surface area contributed by atoms with Gasteiger partial charge in [-0.2, -0.15) is 0 Å². The first-order valence-corrected chi connectivity index (χ1v) is 7.26. The first-order chi connectivity index (χ1) is 9.99. The van der Waals surface area contributed by atoms with E-state index in [1.165, 1.54) is 13.2 Å². The lowest BCUT2D eigenvalue weighted by atomic mass is 10.1. The number of methoxy groups -OCH3 is 1. The minimum Gasteiger partial charge on any atom is -0.493 e. The van der Waals surface area contributed by atoms with Gasteiger partial charge < -0.3 is 19.9 Å². The Hall–Kier alpha value is -1.46. The highest BCUT2D eigenvalue weighted by Gasteiger charge is 2.15. The van der Waals surface area contributed by atoms with E-state index in [9.17, 15) is 4.79 Å². The molecule has 118 valence electrons. The lowest BCUT2D eigenvalue weighted by Gasteiger charge is -2.15. The normalized spacial score (nSPS) is 10.6. The molecule has 0 spiro atoms. The summed E-state index contributed by atoms with van der Waals surface area (Å²) in [4.78, 5) is 11.9. The Bertz CT molecular complexity index is 477. The van der Waals surface area contributed by atoms with Gasteiger partial charge in [0.05, 0.1) is 25.3 Å². The third-order valence-corrected chi connectivity index (χ3v) is 3.11. The number of nitrogens with one attached hydrogen (secondary N) is 1. The summed E-state index contributed by atoms with van der Waals surface area (Å²) in [6, 6.07) is 3.10. The molecule has 21 heavy (non-hydrogen) atoms. The molecular formula is C15H22ClNO4. The second kappa shape index (κ2) is 8.74. The van der Waals surface area contributed by atoms with E-state index in [1.807, 2.05) is 0 Å². The van der Waals surface area contributed by atoms with Gasteiger partial charge in [-0.3, -0.25) is 4.79 Å². The average molecular weight is 316 g/mol. The molecule has 0 aliphatic heterocycles. The van der Waals surface area contributed by atoms with E-state index in [0.717, 1.165) is 6.42 Å². The van der Waals surface area contributed by atoms with E-state index in [0.29, 0.717) is 34.6 Å². The molecule has 1 rings (SSSR count). The summed E-state index contributed by atoms with van der Waals surface area (Å²) in [6.07, 6.45) is 0.901. The van der Waals surface area contributed by atoms with Crippen LogP contribution in [0.2, 0.25) is 5.02 Å². The van der Waals surface area contributed by atoms with Crippen LogP contribution in [-0.2, 0) is 0 Å². The Morgan fingerprint density at radius 2 is 2.14 bits per heavy atom. The third kappa shape index (κ3) is 5.44. The van der Waals surface area contributed by atoms with Crippen molar-refractivity contribution in [2.24, 2.45) is 5.92 Å². The van der Waals surface area contributed by atoms with Crippen LogP contribution in [0, 0.1) is 5.92 Å². The van der Waals surface area contributed by atoms with Crippen molar-refractivity contribution in [3.8, 4) is 11.5 Å². The molecule has 5 nitrogen and oxygen atoms in total. The number of ether oxygens (including phenoxy) is 2. The number of amides is 1. The number of rotatable bonds is 8. The third-order valence-electron chi connectivity index (χ3n) is 2.83. The number of aliphatic hydroxyl groups excluding tert-OH is 1. The second-order valence-corrected chi connectivity index (χ2v) is 5.41. The molecule has 0 fully saturated rings. The number of carbonyl (C=O) groups excluding carboxylic acids is 1. The van der Waals surface area contributed by atoms with Crippen LogP contribution < -0.4 is 14.8 Å². The van der Waals surface area contributed by atoms with E-state index in [2.05, 4.69) is 19.2 Å². The molecule has 1 aromatic carbocycles. The second-order valence-electron chi connectivity index (χ2n) is 5.00. The van der Waals surface area contributed by atoms with Crippen LogP contribution in [0.5, 0.6) is 11.5 Å². The van der Waals surface area contributed by atoms with Crippen molar-refractivity contribution in [2.45, 2.75) is 20.3 Å². The largest absolute Gasteiger partial charge is 0.493 e. The van der Waals surface area contributed by atoms with Crippen LogP contribution in [0.15, 0.2) is 12.1 Å². The van der Waals surface area contributed by atoms with Crippen molar-refractivity contribution in [3.63, 3.8) is 0 Å². The maximum atomic E-state index is 11.9. The Balaban J connectivity index is 2.88. The van der Waals surface area contributed by atoms with Gasteiger partial charge in [0.15, 0.2) is 11.5 Å². The standard InChI is InChI=1S/C15H22ClNO4/c1-10(2)4-7-21-14-12(16)8-11(9-13(14)20-3)15(19)17-5-6-18/h8-10,18H,4-7H2,1-3H3,(H,17,19). The van der Waals surface area contributed by atoms with E-state index >= 15 is 0 Å². The zero-order chi connectivity index (χ0) is 15.8. The fraction of sp³-hybridized carbons (Fsp3) is 0.533. The van der Waals surface area contributed by atoms with Crippen molar-refractivity contribution in [2.75, 3.05) is 26.9 Å². The zero-order valence-corrected chi connectivity index (χ0v) is 13.4. The van der Waals surface area contributed by atoms with Crippen LogP contribution in [0.25, 0.3) is 0 Å². The minimum atomic E-state index is -0.321. The van der Waals surface area contributed by atoms with Crippen LogP contribution in [0.4, 0.5) is 0 Å². The maximum absolute atomic E-state index is 11.9. The summed E-state index contributed by atoms with van der Waals surface area (Å²) >= 11 is 6.17. The van der Waals surface area contributed by atoms with E-state index < -0.39 is 0 Å². The summed E-state index contributed by atoms with van der Waals surface area (Å²) in [5, 5.41) is 11.6. The lowest BCUT2D eigenvalue weighted by Crippen LogP contribution is -2.26. The first-order valence-electron chi connectivity index (χ1n) is 6.89. The van der Waals surface area contributed by atoms with Crippen molar-refractivity contribution < 1.29 is 19.4 Å². The maximum Gasteiger partial charge on any atom is 0.251 e. The summed E-state index contributed by atoms with van der Waals surface area (Å²) in [5.41, 5.74) is 0.363. The van der Waals surface area contributed by atoms with Gasteiger partial charge in [-0.15, -0.1) is 0 Å². The molecule has 0 atom stereocenters. The topological polar surface area (TPSA) is 67.8 Å². The number of hydrogen-bond acceptors (Lipinski definition) is 4. The molecule has 1 amide bonds. The highest BCUT2D eigenvalue weighted by atomic mass is 35.5. The molecule has 1 aromatic rings. The predicted molar refractivity (Wildman–Crippen MR) is 82.4 cm³/mol. The van der Waals surface area contributed by atoms with Gasteiger partial charge in [0, 0.05) is 12.1 Å². The Morgan fingerprint density at radius 1 is 1.43 bits per heavy atom. The van der Waals surface area contributed by atoms with Gasteiger partial charge in [-0.25, -0.2) is 0 Å². The van der Waals surface area contributed by atoms with Crippen LogP contribution in [0.3, 0.4) is 0 Å². The SMILES string of the molecule is COc1cc(C(=O)NCCO)cc(Cl)c1OCCC(C)C. The summed E-state index contributed by atoms with van der Waals surface area (Å²) in [5.74, 6) is 1.07. The first kappa shape index (κ1) is 17.6. The molecule has 0 radical (unpaired) electrons. The molecule has 0 bridgehead atoms. The quantitative estimate of drug-likeness (QED) is 0.773. The molecule has 0 unspecified atom stereocenters. The average Bonchev–Trinajstić information content (AvgIpc) is 2.45. The van der Waals surface area contributed by atoms with Gasteiger partial charge in [-0.1, -0.05) is 25.4 Å². The van der Waals surface area contributed by atoms with Crippen LogP contribution in [-0.4, -0.2) is 37.9 Å². The number of benzene rings is 1. The van der Waals surface area contributed by atoms with E-state index in [1.54, 1.807) is 6.07 Å². The van der Waals surface area contributed by atoms with Crippen molar-refractivity contribution in [1.82, 2.24) is 5.32 Å². The molecule has 0 aliphatic carbocycles. The molecule has 2 N–H and O–H groups in total. The lowest BCUT2D eigenvalue weighted by molar-refractivity contribution is 0.0944. The van der Waals surface area contributed by atoms with Gasteiger partial charge in [0.25, 0.3) is 5.91 Å². The van der Waals surface area contributed by atoms with Crippen molar-refractivity contribution in [3.05, 3.63) is 22.7 Å². The van der Waals surface area contributed by atoms with E-state index in [-0.39, 0.29) is 19.1 Å². The molecule has 0 saturated carbocycles. The fourth-order valence-electron chi connectivity index (χ4n) is 1.66.